The third-order valence-corrected chi connectivity index (χ3v) is 22.2. The maximum absolute atomic E-state index is 13.1. The van der Waals surface area contributed by atoms with Crippen molar-refractivity contribution in [3.63, 3.8) is 0 Å². The van der Waals surface area contributed by atoms with Crippen molar-refractivity contribution in [2.45, 2.75) is 471 Å². The Kier molecular flexibility index (Phi) is 75.0. The Balaban J connectivity index is 5.23. The van der Waals surface area contributed by atoms with E-state index in [0.717, 1.165) is 102 Å². The third-order valence-electron chi connectivity index (χ3n) is 20.3. The first-order chi connectivity index (χ1) is 50.4. The Labute approximate surface area is 638 Å². The van der Waals surface area contributed by atoms with Gasteiger partial charge in [-0.1, -0.05) is 401 Å². The van der Waals surface area contributed by atoms with Gasteiger partial charge in [0.2, 0.25) is 0 Å². The van der Waals surface area contributed by atoms with Crippen molar-refractivity contribution in [1.29, 1.82) is 0 Å². The zero-order valence-electron chi connectivity index (χ0n) is 68.3. The first-order valence-electron chi connectivity index (χ1n) is 44.0. The van der Waals surface area contributed by atoms with E-state index in [-0.39, 0.29) is 25.7 Å². The molecule has 0 aromatic heterocycles. The highest BCUT2D eigenvalue weighted by atomic mass is 31.2. The van der Waals surface area contributed by atoms with Gasteiger partial charge in [-0.05, 0) is 37.5 Å². The number of carbonyl (C=O) groups is 4. The van der Waals surface area contributed by atoms with Crippen LogP contribution in [-0.4, -0.2) is 96.7 Å². The minimum Gasteiger partial charge on any atom is -0.462 e. The van der Waals surface area contributed by atoms with Crippen molar-refractivity contribution in [2.24, 2.45) is 11.8 Å². The summed E-state index contributed by atoms with van der Waals surface area (Å²) >= 11 is 0. The molecule has 0 aromatic rings. The molecule has 0 fully saturated rings. The topological polar surface area (TPSA) is 237 Å². The van der Waals surface area contributed by atoms with Gasteiger partial charge in [-0.2, -0.15) is 0 Å². The van der Waals surface area contributed by atoms with Crippen LogP contribution in [0.2, 0.25) is 0 Å². The lowest BCUT2D eigenvalue weighted by Gasteiger charge is -2.21. The van der Waals surface area contributed by atoms with E-state index in [2.05, 4.69) is 41.5 Å². The zero-order valence-corrected chi connectivity index (χ0v) is 70.1. The molecule has 0 heterocycles. The van der Waals surface area contributed by atoms with E-state index in [0.29, 0.717) is 25.7 Å². The van der Waals surface area contributed by atoms with E-state index < -0.39 is 97.5 Å². The summed E-state index contributed by atoms with van der Waals surface area (Å²) in [6.45, 7) is 9.69. The Morgan fingerprint density at radius 2 is 0.490 bits per heavy atom. The molecule has 0 radical (unpaired) electrons. The Hall–Kier alpha value is -1.94. The molecule has 618 valence electrons. The molecular weight excluding hydrogens is 1350 g/mol. The molecule has 0 saturated heterocycles. The van der Waals surface area contributed by atoms with Crippen molar-refractivity contribution >= 4 is 39.5 Å². The Morgan fingerprint density at radius 1 is 0.279 bits per heavy atom. The first-order valence-corrected chi connectivity index (χ1v) is 47.0. The predicted octanol–water partition coefficient (Wildman–Crippen LogP) is 25.8. The van der Waals surface area contributed by atoms with Crippen LogP contribution >= 0.6 is 15.6 Å². The van der Waals surface area contributed by atoms with E-state index in [1.54, 1.807) is 0 Å². The number of unbranched alkanes of at least 4 members (excludes halogenated alkanes) is 53. The summed E-state index contributed by atoms with van der Waals surface area (Å²) in [5.74, 6) is -0.514. The molecule has 6 atom stereocenters. The summed E-state index contributed by atoms with van der Waals surface area (Å²) in [5.41, 5.74) is 0. The van der Waals surface area contributed by atoms with E-state index in [4.69, 9.17) is 37.0 Å². The molecule has 0 spiro atoms. The van der Waals surface area contributed by atoms with Gasteiger partial charge in [-0.15, -0.1) is 0 Å². The molecule has 0 aromatic carbocycles. The van der Waals surface area contributed by atoms with Crippen LogP contribution in [-0.2, 0) is 65.4 Å². The number of hydrogen-bond donors (Lipinski definition) is 3. The van der Waals surface area contributed by atoms with Gasteiger partial charge in [0, 0.05) is 25.7 Å². The van der Waals surface area contributed by atoms with Crippen molar-refractivity contribution < 1.29 is 80.2 Å². The first kappa shape index (κ1) is 102. The van der Waals surface area contributed by atoms with Gasteiger partial charge in [0.05, 0.1) is 26.4 Å². The summed E-state index contributed by atoms with van der Waals surface area (Å²) in [6, 6.07) is 0. The van der Waals surface area contributed by atoms with E-state index >= 15 is 0 Å². The highest BCUT2D eigenvalue weighted by molar-refractivity contribution is 7.47. The summed E-state index contributed by atoms with van der Waals surface area (Å²) < 4.78 is 68.8. The third kappa shape index (κ3) is 76.8. The van der Waals surface area contributed by atoms with E-state index in [1.807, 2.05) is 0 Å². The van der Waals surface area contributed by atoms with Crippen LogP contribution in [0.15, 0.2) is 0 Å². The smallest absolute Gasteiger partial charge is 0.462 e. The quantitative estimate of drug-likeness (QED) is 0.0222. The summed E-state index contributed by atoms with van der Waals surface area (Å²) in [7, 11) is -9.93. The van der Waals surface area contributed by atoms with Crippen molar-refractivity contribution in [2.75, 3.05) is 39.6 Å². The number of rotatable bonds is 84. The van der Waals surface area contributed by atoms with Gasteiger partial charge < -0.3 is 33.8 Å². The molecule has 0 saturated carbocycles. The Morgan fingerprint density at radius 3 is 0.731 bits per heavy atom. The van der Waals surface area contributed by atoms with E-state index in [9.17, 15) is 43.2 Å². The SMILES string of the molecule is CCCCCCCCCCCCCCCCCCCCCC(=O)OC[C@H](COP(=O)(O)OC[C@@H](O)COP(=O)(O)OC[C@@H](COC(=O)CCCCCCCCCCCCCC)OC(=O)CCCCCCCCCCC(C)CC)OC(=O)CCCCCCCCCCCCCCCCCCCCC(C)C. The van der Waals surface area contributed by atoms with Gasteiger partial charge in [0.1, 0.15) is 19.3 Å². The molecule has 104 heavy (non-hydrogen) atoms. The molecule has 0 amide bonds. The molecule has 0 rings (SSSR count). The lowest BCUT2D eigenvalue weighted by atomic mass is 9.99. The van der Waals surface area contributed by atoms with Gasteiger partial charge in [-0.3, -0.25) is 37.3 Å². The summed E-state index contributed by atoms with van der Waals surface area (Å²) in [5, 5.41) is 10.7. The minimum absolute atomic E-state index is 0.106. The number of phosphoric ester groups is 2. The molecular formula is C85H166O17P2. The molecule has 0 aliphatic heterocycles. The van der Waals surface area contributed by atoms with Crippen LogP contribution < -0.4 is 0 Å². The molecule has 17 nitrogen and oxygen atoms in total. The normalized spacial score (nSPS) is 14.1. The van der Waals surface area contributed by atoms with Crippen molar-refractivity contribution in [1.82, 2.24) is 0 Å². The van der Waals surface area contributed by atoms with Gasteiger partial charge in [-0.25, -0.2) is 9.13 Å². The van der Waals surface area contributed by atoms with Gasteiger partial charge >= 0.3 is 39.5 Å². The summed E-state index contributed by atoms with van der Waals surface area (Å²) in [6.07, 6.45) is 68.0. The van der Waals surface area contributed by atoms with Crippen LogP contribution in [0.5, 0.6) is 0 Å². The number of ether oxygens (including phenoxy) is 4. The van der Waals surface area contributed by atoms with Crippen LogP contribution in [0, 0.1) is 11.8 Å². The monoisotopic (exact) mass is 1520 g/mol. The average molecular weight is 1520 g/mol. The summed E-state index contributed by atoms with van der Waals surface area (Å²) in [4.78, 5) is 73.2. The predicted molar refractivity (Wildman–Crippen MR) is 428 cm³/mol. The van der Waals surface area contributed by atoms with Crippen LogP contribution in [0.1, 0.15) is 452 Å². The lowest BCUT2D eigenvalue weighted by Crippen LogP contribution is -2.30. The second-order valence-corrected chi connectivity index (χ2v) is 34.2. The number of carbonyl (C=O) groups excluding carboxylic acids is 4. The van der Waals surface area contributed by atoms with Crippen LogP contribution in [0.25, 0.3) is 0 Å². The van der Waals surface area contributed by atoms with Crippen LogP contribution in [0.3, 0.4) is 0 Å². The highest BCUT2D eigenvalue weighted by Gasteiger charge is 2.30. The fourth-order valence-corrected chi connectivity index (χ4v) is 14.8. The molecule has 0 bridgehead atoms. The second-order valence-electron chi connectivity index (χ2n) is 31.3. The molecule has 19 heteroatoms. The van der Waals surface area contributed by atoms with Crippen molar-refractivity contribution in [3.05, 3.63) is 0 Å². The number of esters is 4. The standard InChI is InChI=1S/C85H166O17P2/c1-7-10-12-14-16-18-20-22-23-24-25-29-32-35-39-43-50-56-62-68-83(88)95-73-80(101-84(89)69-63-57-51-44-40-36-33-30-27-26-28-31-34-37-41-47-53-59-65-77(4)5)75-99-103(91,92)97-71-79(86)72-98-104(93,94)100-76-81(102-85(90)70-64-58-52-46-45-48-54-60-66-78(6)9-3)74-96-82(87)67-61-55-49-42-38-21-19-17-15-13-11-8-2/h77-81,86H,7-76H2,1-6H3,(H,91,92)(H,93,94)/t78?,79-,80-,81-/m1/s1. The molecule has 3 N–H and O–H groups in total. The maximum atomic E-state index is 13.1. The molecule has 3 unspecified atom stereocenters. The number of hydrogen-bond acceptors (Lipinski definition) is 15. The fraction of sp³-hybridized carbons (Fsp3) is 0.953. The number of aliphatic hydroxyl groups is 1. The molecule has 0 aliphatic rings. The molecule has 0 aliphatic carbocycles. The maximum Gasteiger partial charge on any atom is 0.472 e. The highest BCUT2D eigenvalue weighted by Crippen LogP contribution is 2.45. The lowest BCUT2D eigenvalue weighted by molar-refractivity contribution is -0.161. The fourth-order valence-electron chi connectivity index (χ4n) is 13.2. The zero-order chi connectivity index (χ0) is 76.4. The largest absolute Gasteiger partial charge is 0.472 e. The van der Waals surface area contributed by atoms with Gasteiger partial charge in [0.25, 0.3) is 0 Å². The van der Waals surface area contributed by atoms with E-state index in [1.165, 1.54) is 270 Å². The van der Waals surface area contributed by atoms with Crippen molar-refractivity contribution in [3.8, 4) is 0 Å². The average Bonchev–Trinajstić information content (AvgIpc) is 0.909. The second kappa shape index (κ2) is 76.4. The number of aliphatic hydroxyl groups excluding tert-OH is 1. The number of phosphoric acid groups is 2. The Bertz CT molecular complexity index is 2000. The minimum atomic E-state index is -4.97. The van der Waals surface area contributed by atoms with Crippen LogP contribution in [0.4, 0.5) is 0 Å². The van der Waals surface area contributed by atoms with Gasteiger partial charge in [0.15, 0.2) is 12.2 Å².